The standard InChI is InChI=1S/C25H22N2O3/c26-20-9-7-8-18(16-20)24(28)19-14-15-25(23(27)17-19,29-21-10-3-1-4-11-21)30-22-12-5-2-6-13-22/h1-17,23H,26-27H2. The van der Waals surface area contributed by atoms with Gasteiger partial charge in [-0.1, -0.05) is 48.5 Å². The zero-order chi connectivity index (χ0) is 21.0. The molecule has 30 heavy (non-hydrogen) atoms. The van der Waals surface area contributed by atoms with Crippen LogP contribution in [0.25, 0.3) is 0 Å². The van der Waals surface area contributed by atoms with Crippen molar-refractivity contribution in [3.05, 3.63) is 114 Å². The summed E-state index contributed by atoms with van der Waals surface area (Å²) in [5.41, 5.74) is 13.8. The third-order valence-electron chi connectivity index (χ3n) is 4.77. The number of para-hydroxylation sites is 2. The van der Waals surface area contributed by atoms with Crippen LogP contribution in [0, 0.1) is 0 Å². The third kappa shape index (κ3) is 4.11. The van der Waals surface area contributed by atoms with E-state index in [0.717, 1.165) is 0 Å². The maximum absolute atomic E-state index is 12.9. The van der Waals surface area contributed by atoms with Gasteiger partial charge in [0.2, 0.25) is 0 Å². The van der Waals surface area contributed by atoms with Gasteiger partial charge in [-0.05, 0) is 48.6 Å². The molecule has 5 nitrogen and oxygen atoms in total. The number of rotatable bonds is 6. The van der Waals surface area contributed by atoms with Gasteiger partial charge in [-0.2, -0.15) is 0 Å². The largest absolute Gasteiger partial charge is 0.447 e. The van der Waals surface area contributed by atoms with E-state index in [-0.39, 0.29) is 5.78 Å². The molecule has 0 heterocycles. The molecule has 0 saturated heterocycles. The predicted octanol–water partition coefficient (Wildman–Crippen LogP) is 4.13. The van der Waals surface area contributed by atoms with E-state index in [4.69, 9.17) is 20.9 Å². The Labute approximate surface area is 175 Å². The average molecular weight is 398 g/mol. The molecule has 0 bridgehead atoms. The highest BCUT2D eigenvalue weighted by atomic mass is 16.7. The fourth-order valence-corrected chi connectivity index (χ4v) is 3.25. The molecule has 4 N–H and O–H groups in total. The zero-order valence-electron chi connectivity index (χ0n) is 16.3. The van der Waals surface area contributed by atoms with Gasteiger partial charge in [0.15, 0.2) is 5.78 Å². The first-order chi connectivity index (χ1) is 14.6. The van der Waals surface area contributed by atoms with Crippen molar-refractivity contribution < 1.29 is 14.3 Å². The maximum Gasteiger partial charge on any atom is 0.290 e. The molecule has 0 spiro atoms. The number of hydrogen-bond acceptors (Lipinski definition) is 5. The molecule has 5 heteroatoms. The van der Waals surface area contributed by atoms with Crippen molar-refractivity contribution in [2.45, 2.75) is 11.8 Å². The van der Waals surface area contributed by atoms with Gasteiger partial charge in [0.25, 0.3) is 5.79 Å². The van der Waals surface area contributed by atoms with Crippen molar-refractivity contribution in [2.75, 3.05) is 5.73 Å². The number of nitrogens with two attached hydrogens (primary N) is 2. The van der Waals surface area contributed by atoms with E-state index >= 15 is 0 Å². The minimum Gasteiger partial charge on any atom is -0.447 e. The van der Waals surface area contributed by atoms with Crippen molar-refractivity contribution in [1.82, 2.24) is 0 Å². The van der Waals surface area contributed by atoms with Crippen LogP contribution in [0.2, 0.25) is 0 Å². The highest BCUT2D eigenvalue weighted by molar-refractivity contribution is 6.11. The molecule has 1 unspecified atom stereocenters. The fourth-order valence-electron chi connectivity index (χ4n) is 3.25. The topological polar surface area (TPSA) is 87.6 Å². The molecule has 4 rings (SSSR count). The van der Waals surface area contributed by atoms with Crippen molar-refractivity contribution in [3.8, 4) is 11.5 Å². The third-order valence-corrected chi connectivity index (χ3v) is 4.77. The van der Waals surface area contributed by atoms with E-state index in [2.05, 4.69) is 0 Å². The van der Waals surface area contributed by atoms with Crippen LogP contribution in [0.15, 0.2) is 109 Å². The number of carbonyl (C=O) groups is 1. The van der Waals surface area contributed by atoms with E-state index < -0.39 is 11.8 Å². The zero-order valence-corrected chi connectivity index (χ0v) is 16.3. The van der Waals surface area contributed by atoms with Crippen LogP contribution in [0.4, 0.5) is 5.69 Å². The Morgan fingerprint density at radius 1 is 0.833 bits per heavy atom. The Hall–Kier alpha value is -3.83. The highest BCUT2D eigenvalue weighted by Crippen LogP contribution is 2.31. The lowest BCUT2D eigenvalue weighted by molar-refractivity contribution is -0.0805. The molecule has 150 valence electrons. The second-order valence-corrected chi connectivity index (χ2v) is 6.99. The number of hydrogen-bond donors (Lipinski definition) is 2. The molecule has 3 aromatic rings. The molecule has 1 aliphatic carbocycles. The van der Waals surface area contributed by atoms with E-state index in [0.29, 0.717) is 28.3 Å². The van der Waals surface area contributed by atoms with Gasteiger partial charge in [0.1, 0.15) is 17.5 Å². The minimum absolute atomic E-state index is 0.165. The van der Waals surface area contributed by atoms with Gasteiger partial charge in [-0.25, -0.2) is 0 Å². The van der Waals surface area contributed by atoms with Crippen molar-refractivity contribution in [3.63, 3.8) is 0 Å². The lowest BCUT2D eigenvalue weighted by atomic mass is 9.92. The van der Waals surface area contributed by atoms with Crippen LogP contribution < -0.4 is 20.9 Å². The second-order valence-electron chi connectivity index (χ2n) is 6.99. The average Bonchev–Trinajstić information content (AvgIpc) is 2.76. The molecule has 3 aromatic carbocycles. The summed E-state index contributed by atoms with van der Waals surface area (Å²) in [4.78, 5) is 12.9. The first-order valence-electron chi connectivity index (χ1n) is 9.61. The molecular formula is C25H22N2O3. The van der Waals surface area contributed by atoms with Gasteiger partial charge in [0.05, 0.1) is 0 Å². The maximum atomic E-state index is 12.9. The van der Waals surface area contributed by atoms with E-state index in [1.807, 2.05) is 60.7 Å². The smallest absolute Gasteiger partial charge is 0.290 e. The normalized spacial score (nSPS) is 17.1. The van der Waals surface area contributed by atoms with E-state index in [9.17, 15) is 4.79 Å². The fraction of sp³-hybridized carbons (Fsp3) is 0.0800. The Morgan fingerprint density at radius 2 is 1.43 bits per heavy atom. The Balaban J connectivity index is 1.66. The number of allylic oxidation sites excluding steroid dienone is 2. The summed E-state index contributed by atoms with van der Waals surface area (Å²) in [6.07, 6.45) is 5.04. The van der Waals surface area contributed by atoms with Gasteiger partial charge in [-0.15, -0.1) is 0 Å². The number of carbonyl (C=O) groups excluding carboxylic acids is 1. The molecule has 0 amide bonds. The highest BCUT2D eigenvalue weighted by Gasteiger charge is 2.41. The molecule has 0 radical (unpaired) electrons. The number of benzene rings is 3. The summed E-state index contributed by atoms with van der Waals surface area (Å²) in [5, 5.41) is 0. The van der Waals surface area contributed by atoms with Crippen LogP contribution in [0.3, 0.4) is 0 Å². The Kier molecular flexibility index (Phi) is 5.37. The number of ketones is 1. The molecular weight excluding hydrogens is 376 g/mol. The van der Waals surface area contributed by atoms with Crippen molar-refractivity contribution >= 4 is 11.5 Å². The molecule has 0 saturated carbocycles. The SMILES string of the molecule is Nc1cccc(C(=O)C2=CC(N)C(Oc3ccccc3)(Oc3ccccc3)C=C2)c1. The van der Waals surface area contributed by atoms with E-state index in [1.165, 1.54) is 0 Å². The lowest BCUT2D eigenvalue weighted by Gasteiger charge is -2.37. The van der Waals surface area contributed by atoms with Crippen LogP contribution in [0.5, 0.6) is 11.5 Å². The van der Waals surface area contributed by atoms with Crippen LogP contribution in [-0.4, -0.2) is 17.6 Å². The summed E-state index contributed by atoms with van der Waals surface area (Å²) in [5.74, 6) is -0.260. The summed E-state index contributed by atoms with van der Waals surface area (Å²) >= 11 is 0. The predicted molar refractivity (Wildman–Crippen MR) is 117 cm³/mol. The first kappa shape index (κ1) is 19.5. The molecule has 0 fully saturated rings. The number of anilines is 1. The van der Waals surface area contributed by atoms with Gasteiger partial charge in [-0.3, -0.25) is 4.79 Å². The van der Waals surface area contributed by atoms with Gasteiger partial charge >= 0.3 is 0 Å². The quantitative estimate of drug-likeness (QED) is 0.370. The summed E-state index contributed by atoms with van der Waals surface area (Å²) in [6, 6.07) is 24.7. The molecule has 0 aliphatic heterocycles. The van der Waals surface area contributed by atoms with E-state index in [1.54, 1.807) is 42.5 Å². The Bertz CT molecular complexity index is 1050. The monoisotopic (exact) mass is 398 g/mol. The van der Waals surface area contributed by atoms with Gasteiger partial charge < -0.3 is 20.9 Å². The summed E-state index contributed by atoms with van der Waals surface area (Å²) in [6.45, 7) is 0. The van der Waals surface area contributed by atoms with Crippen molar-refractivity contribution in [2.24, 2.45) is 5.73 Å². The number of Topliss-reactive ketones (excluding diaryl/α,β-unsaturated/α-hetero) is 1. The minimum atomic E-state index is -1.30. The number of ether oxygens (including phenoxy) is 2. The lowest BCUT2D eigenvalue weighted by Crippen LogP contribution is -2.56. The first-order valence-corrected chi connectivity index (χ1v) is 9.61. The molecule has 0 aromatic heterocycles. The van der Waals surface area contributed by atoms with Crippen LogP contribution in [-0.2, 0) is 0 Å². The van der Waals surface area contributed by atoms with Crippen molar-refractivity contribution in [1.29, 1.82) is 0 Å². The Morgan fingerprint density at radius 3 is 1.97 bits per heavy atom. The molecule has 1 atom stereocenters. The summed E-state index contributed by atoms with van der Waals surface area (Å²) in [7, 11) is 0. The summed E-state index contributed by atoms with van der Waals surface area (Å²) < 4.78 is 12.4. The van der Waals surface area contributed by atoms with Crippen LogP contribution in [0.1, 0.15) is 10.4 Å². The van der Waals surface area contributed by atoms with Crippen LogP contribution >= 0.6 is 0 Å². The van der Waals surface area contributed by atoms with Gasteiger partial charge in [0, 0.05) is 22.9 Å². The second kappa shape index (κ2) is 8.27. The molecule has 1 aliphatic rings. The number of nitrogen functional groups attached to an aromatic ring is 1.